The Bertz CT molecular complexity index is 5540. The van der Waals surface area contributed by atoms with Gasteiger partial charge in [-0.05, 0) is 218 Å². The molecular weight excluding hydrogens is 1650 g/mol. The molecule has 20 rings (SSSR count). The number of piperidine rings is 5. The number of methoxy groups -OCH3 is 1. The molecule has 0 radical (unpaired) electrons. The van der Waals surface area contributed by atoms with Crippen molar-refractivity contribution in [3.63, 3.8) is 0 Å². The minimum atomic E-state index is -1.15. The lowest BCUT2D eigenvalue weighted by molar-refractivity contribution is -0.129. The number of H-pyrrole nitrogens is 5. The number of hydrogen-bond donors (Lipinski definition) is 10. The molecule has 10 aliphatic rings. The molecule has 4 saturated carbocycles. The van der Waals surface area contributed by atoms with Gasteiger partial charge < -0.3 is 80.7 Å². The second kappa shape index (κ2) is 44.6. The topological polar surface area (TPSA) is 379 Å². The van der Waals surface area contributed by atoms with Gasteiger partial charge in [0.05, 0.1) is 26.9 Å². The van der Waals surface area contributed by atoms with Crippen LogP contribution in [0.4, 0.5) is 33.5 Å². The highest BCUT2D eigenvalue weighted by atomic mass is 19.1. The zero-order valence-electron chi connectivity index (χ0n) is 73.5. The Morgan fingerprint density at radius 2 is 0.771 bits per heavy atom. The molecule has 10 aromatic rings. The van der Waals surface area contributed by atoms with Crippen molar-refractivity contribution in [2.24, 2.45) is 5.92 Å². The first-order valence-electron chi connectivity index (χ1n) is 45.8. The molecule has 10 aromatic heterocycles. The highest BCUT2D eigenvalue weighted by Crippen LogP contribution is 2.56. The van der Waals surface area contributed by atoms with Crippen LogP contribution >= 0.6 is 0 Å². The second-order valence-electron chi connectivity index (χ2n) is 35.9. The molecule has 10 N–H and O–H groups in total. The highest BCUT2D eigenvalue weighted by Gasteiger charge is 2.53. The first-order chi connectivity index (χ1) is 61.9. The summed E-state index contributed by atoms with van der Waals surface area (Å²) in [5.74, 6) is 6.32. The molecule has 0 aromatic carbocycles. The number of carbonyl (C=O) groups excluding carboxylic acids is 5. The standard InChI is InChI=1S/C20H27N5O.C19H25N5O2.C19H25N5O.C19H23N5O.C18H22FN5O.4CH4/c1-3-17(26)25-11-15(9-8-13(25)2)24-20-18-16(14-6-4-5-7-14)10-21-19(18)22-12-23-20;1-3-16(25)24-6-4-5-13(9-24)23-19-17-15(14-7-12(14)10-26-2)8-20-18(17)21-11-22-19;2*1-2-16(25)24-9-5-8-14(11-24)23-19-17-15(13-6-3-4-7-13)10-20-18(17)21-12-22-19;1-3-14(25)24-6-4-5-11(9-24)23-17-15-12(13-7-18(13,2)19)8-20-16(15)21-10-22-17;;;;/h3,10,12-15H,1,4-9,11H2,2H3,(H2,21,22,23,24);3,8,11-14H,1,4-7,9-10H2,2H3,(H2,20,21,22,23);2,10,12-14H,1,3-9,11H2,(H2,20,21,22,23);2,6,10,12,14H,1,3-5,7-9,11H2,(H2,20,21,22,23);3,8,10-11,13H,1,4-7,9H2,2H3,(H2,20,21,22,23);4*1H4/t13-,15+;12-,13+,14?;2*14-;11-,13?,18?;;;;/m00111..../s1. The SMILES string of the molecule is C.C.C.C.C=CC(=O)N1CCC[C@@H](Nc2ncnc3[nH]cc(C4=CCCC4)c23)C1.C=CC(=O)N1CCC[C@@H](Nc2ncnc3[nH]cc(C4CC4(C)F)c23)C1.C=CC(=O)N1CCC[C@@H](Nc2ncnc3[nH]cc(C4CCCC4)c23)C1.C=CC(=O)N1CCC[C@@H](Nc2ncnc3[nH]cc(C4C[C@H]4COC)c23)C1.C=CC(=O)N1C[C@H](Nc2ncnc3[nH]cc(C4CCCC4)c23)CC[C@@H]1C. The van der Waals surface area contributed by atoms with Crippen LogP contribution in [0.15, 0.2) is 132 Å². The number of rotatable bonds is 22. The molecule has 5 aliphatic carbocycles. The number of fused-ring (bicyclic) bond motifs is 5. The van der Waals surface area contributed by atoms with Gasteiger partial charge in [-0.1, -0.05) is 94.4 Å². The lowest BCUT2D eigenvalue weighted by Crippen LogP contribution is -2.49. The van der Waals surface area contributed by atoms with Gasteiger partial charge in [0.25, 0.3) is 0 Å². The van der Waals surface area contributed by atoms with Crippen LogP contribution in [0.1, 0.15) is 243 Å². The Hall–Kier alpha value is -12.2. The van der Waals surface area contributed by atoms with Crippen molar-refractivity contribution in [2.45, 2.75) is 257 Å². The van der Waals surface area contributed by atoms with E-state index in [4.69, 9.17) is 4.74 Å². The third-order valence-corrected chi connectivity index (χ3v) is 27.4. The number of aromatic nitrogens is 15. The van der Waals surface area contributed by atoms with Crippen LogP contribution in [0.3, 0.4) is 0 Å². The van der Waals surface area contributed by atoms with Crippen LogP contribution in [0.2, 0.25) is 0 Å². The van der Waals surface area contributed by atoms with Crippen molar-refractivity contribution < 1.29 is 33.1 Å². The number of carbonyl (C=O) groups is 5. The predicted octanol–water partition coefficient (Wildman–Crippen LogP) is 17.5. The third-order valence-electron chi connectivity index (χ3n) is 27.4. The molecule has 0 spiro atoms. The molecule has 5 amide bonds. The van der Waals surface area contributed by atoms with E-state index in [0.717, 1.165) is 195 Å². The van der Waals surface area contributed by atoms with Crippen molar-refractivity contribution in [1.82, 2.24) is 99.3 Å². The van der Waals surface area contributed by atoms with Gasteiger partial charge in [0, 0.05) is 151 Å². The Morgan fingerprint density at radius 1 is 0.435 bits per heavy atom. The molecule has 32 heteroatoms. The number of ether oxygens (including phenoxy) is 1. The van der Waals surface area contributed by atoms with Gasteiger partial charge in [0.1, 0.15) is 94.6 Å². The van der Waals surface area contributed by atoms with Crippen LogP contribution in [-0.4, -0.2) is 243 Å². The molecule has 131 heavy (non-hydrogen) atoms. The van der Waals surface area contributed by atoms with Crippen molar-refractivity contribution in [3.8, 4) is 0 Å². The van der Waals surface area contributed by atoms with Gasteiger partial charge in [-0.3, -0.25) is 24.0 Å². The van der Waals surface area contributed by atoms with Crippen LogP contribution in [0, 0.1) is 5.92 Å². The van der Waals surface area contributed by atoms with Crippen LogP contribution in [0.25, 0.3) is 60.7 Å². The predicted molar refractivity (Wildman–Crippen MR) is 522 cm³/mol. The van der Waals surface area contributed by atoms with Crippen molar-refractivity contribution >= 4 is 119 Å². The molecule has 10 atom stereocenters. The molecule has 5 aliphatic heterocycles. The molecule has 15 heterocycles. The molecule has 0 bridgehead atoms. The third kappa shape index (κ3) is 22.5. The summed E-state index contributed by atoms with van der Waals surface area (Å²) < 4.78 is 19.5. The second-order valence-corrected chi connectivity index (χ2v) is 35.9. The average Bonchev–Trinajstić information content (AvgIpc) is 1.57. The maximum absolute atomic E-state index is 14.2. The lowest BCUT2D eigenvalue weighted by atomic mass is 9.97. The first-order valence-corrected chi connectivity index (χ1v) is 45.8. The van der Waals surface area contributed by atoms with Gasteiger partial charge in [0.15, 0.2) is 0 Å². The summed E-state index contributed by atoms with van der Waals surface area (Å²) in [7, 11) is 1.75. The number of allylic oxidation sites excluding steroid dienone is 2. The number of hydrogen-bond acceptors (Lipinski definition) is 21. The molecule has 5 saturated heterocycles. The quantitative estimate of drug-likeness (QED) is 0.0282. The molecular formula is C99H138FN25O6. The van der Waals surface area contributed by atoms with Crippen LogP contribution in [0.5, 0.6) is 0 Å². The van der Waals surface area contributed by atoms with Gasteiger partial charge >= 0.3 is 0 Å². The summed E-state index contributed by atoms with van der Waals surface area (Å²) in [6.07, 6.45) is 52.5. The van der Waals surface area contributed by atoms with E-state index in [1.54, 1.807) is 44.2 Å². The minimum Gasteiger partial charge on any atom is -0.384 e. The smallest absolute Gasteiger partial charge is 0.246 e. The van der Waals surface area contributed by atoms with E-state index in [9.17, 15) is 28.4 Å². The number of likely N-dealkylation sites (tertiary alicyclic amines) is 5. The Labute approximate surface area is 769 Å². The van der Waals surface area contributed by atoms with Crippen LogP contribution < -0.4 is 26.6 Å². The monoisotopic (exact) mass is 1790 g/mol. The van der Waals surface area contributed by atoms with Crippen molar-refractivity contribution in [2.75, 3.05) is 99.2 Å². The Kier molecular flexibility index (Phi) is 33.3. The van der Waals surface area contributed by atoms with E-state index >= 15 is 0 Å². The largest absolute Gasteiger partial charge is 0.384 e. The molecule has 9 fully saturated rings. The summed E-state index contributed by atoms with van der Waals surface area (Å²) in [4.78, 5) is 130. The number of aromatic amines is 5. The molecule has 31 nitrogen and oxygen atoms in total. The van der Waals surface area contributed by atoms with Gasteiger partial charge in [-0.15, -0.1) is 0 Å². The van der Waals surface area contributed by atoms with E-state index < -0.39 is 5.67 Å². The average molecular weight is 1790 g/mol. The molecule has 3 unspecified atom stereocenters. The Balaban J connectivity index is 0.000000147. The summed E-state index contributed by atoms with van der Waals surface area (Å²) >= 11 is 0. The zero-order valence-corrected chi connectivity index (χ0v) is 73.5. The zero-order chi connectivity index (χ0) is 88.2. The minimum absolute atomic E-state index is 0. The number of nitrogens with zero attached hydrogens (tertiary/aromatic N) is 15. The normalized spacial score (nSPS) is 23.3. The number of alkyl halides is 1. The summed E-state index contributed by atoms with van der Waals surface area (Å²) in [6.45, 7) is 29.0. The van der Waals surface area contributed by atoms with Gasteiger partial charge in [-0.25, -0.2) is 54.2 Å². The van der Waals surface area contributed by atoms with E-state index in [1.807, 2.05) is 32.0 Å². The summed E-state index contributed by atoms with van der Waals surface area (Å²) in [6, 6.07) is 1.14. The Morgan fingerprint density at radius 3 is 1.13 bits per heavy atom. The van der Waals surface area contributed by atoms with E-state index in [2.05, 4.69) is 166 Å². The number of halogens is 1. The van der Waals surface area contributed by atoms with E-state index in [-0.39, 0.29) is 101 Å². The number of anilines is 5. The molecule has 702 valence electrons. The fourth-order valence-electron chi connectivity index (χ4n) is 20.4. The lowest BCUT2D eigenvalue weighted by Gasteiger charge is -2.38. The summed E-state index contributed by atoms with van der Waals surface area (Å²) in [5.41, 5.74) is 10.5. The number of amides is 5. The first kappa shape index (κ1) is 97.8. The van der Waals surface area contributed by atoms with Crippen LogP contribution in [-0.2, 0) is 28.7 Å². The summed E-state index contributed by atoms with van der Waals surface area (Å²) in [5, 5.41) is 23.0. The maximum atomic E-state index is 14.2. The van der Waals surface area contributed by atoms with Crippen molar-refractivity contribution in [3.05, 3.63) is 160 Å². The fourth-order valence-corrected chi connectivity index (χ4v) is 20.4. The van der Waals surface area contributed by atoms with E-state index in [1.165, 1.54) is 122 Å². The van der Waals surface area contributed by atoms with E-state index in [0.29, 0.717) is 74.3 Å². The number of nitrogens with one attached hydrogen (secondary N) is 10. The van der Waals surface area contributed by atoms with Crippen molar-refractivity contribution in [1.29, 1.82) is 0 Å². The highest BCUT2D eigenvalue weighted by molar-refractivity contribution is 5.99. The maximum Gasteiger partial charge on any atom is 0.246 e. The fraction of sp³-hybridized carbons (Fsp3) is 0.525. The van der Waals surface area contributed by atoms with Gasteiger partial charge in [0.2, 0.25) is 29.5 Å². The van der Waals surface area contributed by atoms with Gasteiger partial charge in [-0.2, -0.15) is 0 Å².